The average molecular weight is 284 g/mol. The van der Waals surface area contributed by atoms with Crippen molar-refractivity contribution in [3.63, 3.8) is 0 Å². The summed E-state index contributed by atoms with van der Waals surface area (Å²) < 4.78 is 6.93. The van der Waals surface area contributed by atoms with E-state index in [1.165, 1.54) is 19.3 Å². The van der Waals surface area contributed by atoms with Crippen molar-refractivity contribution in [2.24, 2.45) is 11.7 Å². The maximum Gasteiger partial charge on any atom is 0.126 e. The Morgan fingerprint density at radius 3 is 2.81 bits per heavy atom. The summed E-state index contributed by atoms with van der Waals surface area (Å²) >= 11 is 3.48. The molecule has 0 amide bonds. The van der Waals surface area contributed by atoms with Crippen LogP contribution >= 0.6 is 15.9 Å². The molecule has 16 heavy (non-hydrogen) atoms. The van der Waals surface area contributed by atoms with Gasteiger partial charge in [-0.05, 0) is 37.0 Å². The second-order valence-electron chi connectivity index (χ2n) is 4.50. The summed E-state index contributed by atoms with van der Waals surface area (Å²) in [5.74, 6) is 1.89. The average Bonchev–Trinajstić information content (AvgIpc) is 3.04. The van der Waals surface area contributed by atoms with Crippen LogP contribution in [-0.4, -0.2) is 6.61 Å². The summed E-state index contributed by atoms with van der Waals surface area (Å²) in [5.41, 5.74) is 7.98. The van der Waals surface area contributed by atoms with Crippen molar-refractivity contribution in [2.45, 2.75) is 32.7 Å². The molecule has 0 unspecified atom stereocenters. The van der Waals surface area contributed by atoms with Crippen LogP contribution in [0.15, 0.2) is 16.6 Å². The molecule has 1 saturated carbocycles. The van der Waals surface area contributed by atoms with Crippen LogP contribution in [-0.2, 0) is 6.54 Å². The molecule has 0 bridgehead atoms. The van der Waals surface area contributed by atoms with Crippen LogP contribution in [0.25, 0.3) is 0 Å². The number of halogens is 1. The molecule has 3 heteroatoms. The highest BCUT2D eigenvalue weighted by molar-refractivity contribution is 9.10. The number of hydrogen-bond donors (Lipinski definition) is 1. The van der Waals surface area contributed by atoms with Gasteiger partial charge in [0.2, 0.25) is 0 Å². The second kappa shape index (κ2) is 5.19. The Morgan fingerprint density at radius 2 is 2.19 bits per heavy atom. The van der Waals surface area contributed by atoms with Crippen LogP contribution in [0.5, 0.6) is 5.75 Å². The van der Waals surface area contributed by atoms with Crippen molar-refractivity contribution in [1.29, 1.82) is 0 Å². The van der Waals surface area contributed by atoms with Gasteiger partial charge in [0.05, 0.1) is 6.61 Å². The Morgan fingerprint density at radius 1 is 1.44 bits per heavy atom. The minimum Gasteiger partial charge on any atom is -0.493 e. The van der Waals surface area contributed by atoms with Crippen LogP contribution in [0.4, 0.5) is 0 Å². The predicted molar refractivity (Wildman–Crippen MR) is 69.6 cm³/mol. The van der Waals surface area contributed by atoms with E-state index < -0.39 is 0 Å². The number of benzene rings is 1. The Kier molecular flexibility index (Phi) is 3.87. The van der Waals surface area contributed by atoms with E-state index in [2.05, 4.69) is 28.9 Å². The molecule has 1 aromatic carbocycles. The van der Waals surface area contributed by atoms with E-state index in [1.807, 2.05) is 6.07 Å². The van der Waals surface area contributed by atoms with E-state index in [0.29, 0.717) is 6.54 Å². The molecule has 0 aromatic heterocycles. The Labute approximate surface area is 105 Å². The van der Waals surface area contributed by atoms with Crippen LogP contribution in [0.1, 0.15) is 30.4 Å². The van der Waals surface area contributed by atoms with Crippen molar-refractivity contribution >= 4 is 15.9 Å². The van der Waals surface area contributed by atoms with E-state index in [-0.39, 0.29) is 0 Å². The number of hydrogen-bond acceptors (Lipinski definition) is 2. The summed E-state index contributed by atoms with van der Waals surface area (Å²) in [6.45, 7) is 3.41. The minimum absolute atomic E-state index is 0.527. The van der Waals surface area contributed by atoms with Gasteiger partial charge in [0.1, 0.15) is 5.75 Å². The van der Waals surface area contributed by atoms with E-state index in [0.717, 1.165) is 33.9 Å². The van der Waals surface area contributed by atoms with Gasteiger partial charge in [-0.3, -0.25) is 0 Å². The van der Waals surface area contributed by atoms with Crippen LogP contribution in [0, 0.1) is 12.8 Å². The Balaban J connectivity index is 2.04. The summed E-state index contributed by atoms with van der Waals surface area (Å²) in [6, 6.07) is 4.12. The van der Waals surface area contributed by atoms with Crippen molar-refractivity contribution in [3.8, 4) is 5.75 Å². The summed E-state index contributed by atoms with van der Waals surface area (Å²) in [7, 11) is 0. The summed E-state index contributed by atoms with van der Waals surface area (Å²) in [5, 5.41) is 0. The third-order valence-corrected chi connectivity index (χ3v) is 3.46. The van der Waals surface area contributed by atoms with Gasteiger partial charge in [0, 0.05) is 16.6 Å². The topological polar surface area (TPSA) is 35.2 Å². The fourth-order valence-corrected chi connectivity index (χ4v) is 2.51. The Hall–Kier alpha value is -0.540. The lowest BCUT2D eigenvalue weighted by Gasteiger charge is -2.13. The highest BCUT2D eigenvalue weighted by Gasteiger charge is 2.21. The zero-order valence-corrected chi connectivity index (χ0v) is 11.2. The molecule has 1 aromatic rings. The van der Waals surface area contributed by atoms with Gasteiger partial charge < -0.3 is 10.5 Å². The first-order valence-electron chi connectivity index (χ1n) is 5.82. The highest BCUT2D eigenvalue weighted by Crippen LogP contribution is 2.33. The molecule has 1 aliphatic rings. The van der Waals surface area contributed by atoms with Crippen molar-refractivity contribution in [3.05, 3.63) is 27.7 Å². The van der Waals surface area contributed by atoms with E-state index in [4.69, 9.17) is 10.5 Å². The first-order chi connectivity index (χ1) is 7.70. The van der Waals surface area contributed by atoms with Gasteiger partial charge in [0.25, 0.3) is 0 Å². The number of aryl methyl sites for hydroxylation is 1. The number of rotatable bonds is 5. The molecular formula is C13H18BrNO. The summed E-state index contributed by atoms with van der Waals surface area (Å²) in [6.07, 6.45) is 3.94. The molecule has 0 radical (unpaired) electrons. The lowest BCUT2D eigenvalue weighted by Crippen LogP contribution is -2.06. The number of ether oxygens (including phenoxy) is 1. The smallest absolute Gasteiger partial charge is 0.126 e. The minimum atomic E-state index is 0.527. The summed E-state index contributed by atoms with van der Waals surface area (Å²) in [4.78, 5) is 0. The maximum absolute atomic E-state index is 5.86. The van der Waals surface area contributed by atoms with Crippen molar-refractivity contribution in [1.82, 2.24) is 0 Å². The highest BCUT2D eigenvalue weighted by atomic mass is 79.9. The normalized spacial score (nSPS) is 15.2. The van der Waals surface area contributed by atoms with E-state index >= 15 is 0 Å². The molecule has 0 heterocycles. The molecule has 0 atom stereocenters. The van der Waals surface area contributed by atoms with Crippen LogP contribution in [0.3, 0.4) is 0 Å². The fraction of sp³-hybridized carbons (Fsp3) is 0.538. The van der Waals surface area contributed by atoms with Crippen LogP contribution < -0.4 is 10.5 Å². The zero-order chi connectivity index (χ0) is 11.5. The Bertz CT molecular complexity index is 374. The molecule has 2 nitrogen and oxygen atoms in total. The monoisotopic (exact) mass is 283 g/mol. The van der Waals surface area contributed by atoms with Gasteiger partial charge in [-0.15, -0.1) is 0 Å². The molecule has 88 valence electrons. The molecular weight excluding hydrogens is 266 g/mol. The molecule has 2 rings (SSSR count). The first kappa shape index (κ1) is 11.9. The SMILES string of the molecule is Cc1cc(Br)cc(CN)c1OCCC1CC1. The molecule has 0 saturated heterocycles. The third kappa shape index (κ3) is 2.98. The maximum atomic E-state index is 5.86. The second-order valence-corrected chi connectivity index (χ2v) is 5.41. The molecule has 2 N–H and O–H groups in total. The predicted octanol–water partition coefficient (Wildman–Crippen LogP) is 3.40. The molecule has 1 fully saturated rings. The van der Waals surface area contributed by atoms with Crippen molar-refractivity contribution in [2.75, 3.05) is 6.61 Å². The zero-order valence-electron chi connectivity index (χ0n) is 9.63. The van der Waals surface area contributed by atoms with Gasteiger partial charge in [-0.2, -0.15) is 0 Å². The van der Waals surface area contributed by atoms with E-state index in [1.54, 1.807) is 0 Å². The fourth-order valence-electron chi connectivity index (χ4n) is 1.89. The van der Waals surface area contributed by atoms with Gasteiger partial charge in [-0.25, -0.2) is 0 Å². The van der Waals surface area contributed by atoms with Gasteiger partial charge in [0.15, 0.2) is 0 Å². The number of nitrogens with two attached hydrogens (primary N) is 1. The largest absolute Gasteiger partial charge is 0.493 e. The molecule has 0 aliphatic heterocycles. The van der Waals surface area contributed by atoms with Gasteiger partial charge >= 0.3 is 0 Å². The molecule has 0 spiro atoms. The lowest BCUT2D eigenvalue weighted by molar-refractivity contribution is 0.297. The van der Waals surface area contributed by atoms with Crippen LogP contribution in [0.2, 0.25) is 0 Å². The van der Waals surface area contributed by atoms with E-state index in [9.17, 15) is 0 Å². The third-order valence-electron chi connectivity index (χ3n) is 3.01. The standard InChI is InChI=1S/C13H18BrNO/c1-9-6-12(14)7-11(8-15)13(9)16-5-4-10-2-3-10/h6-7,10H,2-5,8,15H2,1H3. The van der Waals surface area contributed by atoms with Crippen molar-refractivity contribution < 1.29 is 4.74 Å². The first-order valence-corrected chi connectivity index (χ1v) is 6.62. The lowest BCUT2D eigenvalue weighted by atomic mass is 10.1. The quantitative estimate of drug-likeness (QED) is 0.899. The van der Waals surface area contributed by atoms with Gasteiger partial charge in [-0.1, -0.05) is 28.8 Å². The molecule has 1 aliphatic carbocycles.